The highest BCUT2D eigenvalue weighted by Crippen LogP contribution is 2.02. The molecule has 46 valence electrons. The number of halogens is 2. The summed E-state index contributed by atoms with van der Waals surface area (Å²) in [5.74, 6) is -1.06. The van der Waals surface area contributed by atoms with Crippen LogP contribution in [-0.4, -0.2) is 5.12 Å². The maximum absolute atomic E-state index is 11.7. The molecule has 0 fully saturated rings. The maximum Gasteiger partial charge on any atom is 0.193 e. The summed E-state index contributed by atoms with van der Waals surface area (Å²) in [6.07, 6.45) is 0. The molecule has 0 atom stereocenters. The van der Waals surface area contributed by atoms with Gasteiger partial charge in [0.25, 0.3) is 0 Å². The number of allylic oxidation sites excluding steroid dienone is 1. The molecule has 0 aromatic heterocycles. The Hall–Kier alpha value is -0.510. The Morgan fingerprint density at radius 3 is 1.88 bits per heavy atom. The summed E-state index contributed by atoms with van der Waals surface area (Å²) in [5.41, 5.74) is 4.22. The molecule has 0 rings (SSSR count). The Balaban J connectivity index is 4.23. The van der Waals surface area contributed by atoms with Crippen LogP contribution in [0.1, 0.15) is 6.92 Å². The lowest BCUT2D eigenvalue weighted by Crippen LogP contribution is -1.98. The number of hydrogen-bond donors (Lipinski definition) is 1. The van der Waals surface area contributed by atoms with E-state index >= 15 is 0 Å². The first-order valence-corrected chi connectivity index (χ1v) is 2.28. The van der Waals surface area contributed by atoms with Gasteiger partial charge in [0, 0.05) is 5.57 Å². The molecule has 0 heterocycles. The smallest absolute Gasteiger partial charge is 0.193 e. The van der Waals surface area contributed by atoms with Crippen molar-refractivity contribution in [3.63, 3.8) is 0 Å². The minimum atomic E-state index is -1.06. The van der Waals surface area contributed by atoms with Gasteiger partial charge < -0.3 is 5.73 Å². The summed E-state index contributed by atoms with van der Waals surface area (Å²) in [7, 11) is 0. The van der Waals surface area contributed by atoms with Crippen molar-refractivity contribution in [2.24, 2.45) is 5.73 Å². The molecule has 0 aliphatic heterocycles. The first-order valence-electron chi connectivity index (χ1n) is 1.87. The fourth-order valence-electron chi connectivity index (χ4n) is 0.0939. The zero-order valence-corrected chi connectivity index (χ0v) is 5.06. The summed E-state index contributed by atoms with van der Waals surface area (Å²) >= 11 is 3.95. The van der Waals surface area contributed by atoms with E-state index in [4.69, 9.17) is 0 Å². The predicted molar refractivity (Wildman–Crippen MR) is 31.7 cm³/mol. The van der Waals surface area contributed by atoms with Crippen molar-refractivity contribution in [3.05, 3.63) is 11.5 Å². The standard InChI is InChI=1S/C4H5F2NS/c1-2(3(5)7)4(6)8/h7H2,1H3. The molecule has 0 amide bonds. The number of rotatable bonds is 1. The van der Waals surface area contributed by atoms with E-state index in [0.29, 0.717) is 0 Å². The Kier molecular flexibility index (Phi) is 2.54. The van der Waals surface area contributed by atoms with Crippen molar-refractivity contribution in [1.82, 2.24) is 0 Å². The highest BCUT2D eigenvalue weighted by molar-refractivity contribution is 7.80. The Labute approximate surface area is 51.2 Å². The average Bonchev–Trinajstić information content (AvgIpc) is 1.64. The van der Waals surface area contributed by atoms with Crippen LogP contribution in [0.4, 0.5) is 8.78 Å². The van der Waals surface area contributed by atoms with E-state index in [-0.39, 0.29) is 5.57 Å². The summed E-state index contributed by atoms with van der Waals surface area (Å²) in [6.45, 7) is 1.18. The van der Waals surface area contributed by atoms with E-state index in [9.17, 15) is 8.78 Å². The lowest BCUT2D eigenvalue weighted by Gasteiger charge is -1.89. The molecule has 0 spiro atoms. The first kappa shape index (κ1) is 7.49. The molecule has 0 aromatic carbocycles. The molecule has 4 heteroatoms. The highest BCUT2D eigenvalue weighted by Gasteiger charge is 2.00. The third-order valence-electron chi connectivity index (χ3n) is 0.653. The van der Waals surface area contributed by atoms with Crippen LogP contribution in [0, 0.1) is 0 Å². The molecule has 2 N–H and O–H groups in total. The van der Waals surface area contributed by atoms with Gasteiger partial charge in [-0.15, -0.1) is 0 Å². The van der Waals surface area contributed by atoms with E-state index < -0.39 is 11.1 Å². The molecule has 1 nitrogen and oxygen atoms in total. The average molecular weight is 137 g/mol. The summed E-state index contributed by atoms with van der Waals surface area (Å²) in [5, 5.41) is -0.995. The van der Waals surface area contributed by atoms with E-state index in [1.54, 1.807) is 0 Å². The van der Waals surface area contributed by atoms with Gasteiger partial charge >= 0.3 is 0 Å². The molecule has 0 aliphatic rings. The molecule has 0 saturated carbocycles. The second-order valence-electron chi connectivity index (χ2n) is 1.25. The monoisotopic (exact) mass is 137 g/mol. The van der Waals surface area contributed by atoms with E-state index in [1.807, 2.05) is 0 Å². The molecular weight excluding hydrogens is 132 g/mol. The van der Waals surface area contributed by atoms with Crippen LogP contribution >= 0.6 is 12.2 Å². The lowest BCUT2D eigenvalue weighted by atomic mass is 10.4. The van der Waals surface area contributed by atoms with E-state index in [2.05, 4.69) is 18.0 Å². The lowest BCUT2D eigenvalue weighted by molar-refractivity contribution is 0.616. The molecular formula is C4H5F2NS. The Bertz CT molecular complexity index is 137. The fourth-order valence-corrected chi connectivity index (χ4v) is 0.191. The molecule has 0 unspecified atom stereocenters. The van der Waals surface area contributed by atoms with Gasteiger partial charge in [-0.05, 0) is 19.1 Å². The van der Waals surface area contributed by atoms with E-state index in [1.165, 1.54) is 6.92 Å². The minimum absolute atomic E-state index is 0.306. The predicted octanol–water partition coefficient (Wildman–Crippen LogP) is 1.44. The van der Waals surface area contributed by atoms with Crippen LogP contribution in [0.5, 0.6) is 0 Å². The second-order valence-corrected chi connectivity index (χ2v) is 1.61. The van der Waals surface area contributed by atoms with Gasteiger partial charge in [0.05, 0.1) is 0 Å². The Morgan fingerprint density at radius 2 is 1.88 bits per heavy atom. The van der Waals surface area contributed by atoms with Crippen LogP contribution < -0.4 is 5.73 Å². The van der Waals surface area contributed by atoms with Crippen LogP contribution in [0.3, 0.4) is 0 Å². The van der Waals surface area contributed by atoms with Crippen LogP contribution in [0.15, 0.2) is 11.5 Å². The topological polar surface area (TPSA) is 26.0 Å². The van der Waals surface area contributed by atoms with Crippen LogP contribution in [0.25, 0.3) is 0 Å². The molecule has 8 heavy (non-hydrogen) atoms. The van der Waals surface area contributed by atoms with Crippen LogP contribution in [0.2, 0.25) is 0 Å². The number of hydrogen-bond acceptors (Lipinski definition) is 2. The molecule has 0 saturated heterocycles. The first-order chi connectivity index (χ1) is 3.55. The van der Waals surface area contributed by atoms with Gasteiger partial charge in [-0.1, -0.05) is 0 Å². The van der Waals surface area contributed by atoms with Crippen molar-refractivity contribution in [3.8, 4) is 0 Å². The molecule has 0 aliphatic carbocycles. The van der Waals surface area contributed by atoms with Gasteiger partial charge in [0.2, 0.25) is 0 Å². The third-order valence-corrected chi connectivity index (χ3v) is 0.959. The normalized spacial score (nSPS) is 12.9. The van der Waals surface area contributed by atoms with Gasteiger partial charge in [-0.25, -0.2) is 0 Å². The van der Waals surface area contributed by atoms with Gasteiger partial charge in [0.15, 0.2) is 11.1 Å². The highest BCUT2D eigenvalue weighted by atomic mass is 32.1. The minimum Gasteiger partial charge on any atom is -0.375 e. The van der Waals surface area contributed by atoms with Crippen molar-refractivity contribution in [2.75, 3.05) is 0 Å². The zero-order chi connectivity index (χ0) is 6.73. The van der Waals surface area contributed by atoms with Gasteiger partial charge in [-0.3, -0.25) is 0 Å². The largest absolute Gasteiger partial charge is 0.375 e. The van der Waals surface area contributed by atoms with Crippen molar-refractivity contribution in [1.29, 1.82) is 0 Å². The quantitative estimate of drug-likeness (QED) is 0.256. The summed E-state index contributed by atoms with van der Waals surface area (Å²) in [6, 6.07) is 0. The van der Waals surface area contributed by atoms with Crippen molar-refractivity contribution in [2.45, 2.75) is 6.92 Å². The van der Waals surface area contributed by atoms with Crippen LogP contribution in [-0.2, 0) is 0 Å². The molecule has 0 aromatic rings. The number of nitrogens with two attached hydrogens (primary N) is 1. The summed E-state index contributed by atoms with van der Waals surface area (Å²) < 4.78 is 23.4. The second kappa shape index (κ2) is 2.71. The summed E-state index contributed by atoms with van der Waals surface area (Å²) in [4.78, 5) is 0. The van der Waals surface area contributed by atoms with Crippen molar-refractivity contribution < 1.29 is 8.78 Å². The number of thiocarbonyl (C=S) groups is 1. The third kappa shape index (κ3) is 1.97. The van der Waals surface area contributed by atoms with Gasteiger partial charge in [-0.2, -0.15) is 8.78 Å². The molecule has 0 radical (unpaired) electrons. The van der Waals surface area contributed by atoms with E-state index in [0.717, 1.165) is 0 Å². The molecule has 0 bridgehead atoms. The van der Waals surface area contributed by atoms with Gasteiger partial charge in [0.1, 0.15) is 0 Å². The fraction of sp³-hybridized carbons (Fsp3) is 0.250. The SMILES string of the molecule is CC(C(F)=S)=C(N)F. The zero-order valence-electron chi connectivity index (χ0n) is 4.24. The Morgan fingerprint density at radius 1 is 1.50 bits per heavy atom. The van der Waals surface area contributed by atoms with Crippen molar-refractivity contribution >= 4 is 17.3 Å². The maximum atomic E-state index is 11.7.